The van der Waals surface area contributed by atoms with Gasteiger partial charge in [-0.15, -0.1) is 0 Å². The highest BCUT2D eigenvalue weighted by Gasteiger charge is 2.32. The third-order valence-corrected chi connectivity index (χ3v) is 6.20. The number of fused-ring (bicyclic) bond motifs is 1. The third kappa shape index (κ3) is 4.09. The highest BCUT2D eigenvalue weighted by atomic mass is 32.2. The summed E-state index contributed by atoms with van der Waals surface area (Å²) in [5, 5.41) is 1.25. The van der Waals surface area contributed by atoms with Gasteiger partial charge >= 0.3 is 6.18 Å². The van der Waals surface area contributed by atoms with Crippen molar-refractivity contribution in [1.29, 1.82) is 0 Å². The first-order valence-electron chi connectivity index (χ1n) is 9.27. The van der Waals surface area contributed by atoms with Crippen LogP contribution in [0.2, 0.25) is 0 Å². The second kappa shape index (κ2) is 8.12. The van der Waals surface area contributed by atoms with Crippen LogP contribution in [0.25, 0.3) is 21.9 Å². The molecule has 0 aliphatic heterocycles. The maximum absolute atomic E-state index is 13.3. The smallest absolute Gasteiger partial charge is 0.416 e. The molecule has 0 fully saturated rings. The van der Waals surface area contributed by atoms with Gasteiger partial charge in [-0.05, 0) is 41.1 Å². The molecular weight excluding hydrogens is 443 g/mol. The molecule has 6 nitrogen and oxygen atoms in total. The number of ether oxygens (including phenoxy) is 1. The number of methoxy groups -OCH3 is 1. The van der Waals surface area contributed by atoms with Crippen LogP contribution in [0, 0.1) is 0 Å². The maximum atomic E-state index is 13.3. The van der Waals surface area contributed by atoms with E-state index in [2.05, 4.69) is 14.7 Å². The van der Waals surface area contributed by atoms with Crippen LogP contribution < -0.4 is 9.46 Å². The average Bonchev–Trinajstić information content (AvgIpc) is 2.77. The summed E-state index contributed by atoms with van der Waals surface area (Å²) in [6.45, 7) is 0. The lowest BCUT2D eigenvalue weighted by Gasteiger charge is -2.18. The van der Waals surface area contributed by atoms with Gasteiger partial charge < -0.3 is 4.74 Å². The summed E-state index contributed by atoms with van der Waals surface area (Å²) in [6.07, 6.45) is -2.00. The normalized spacial score (nSPS) is 12.0. The number of hydrogen-bond donors (Lipinski definition) is 1. The zero-order chi connectivity index (χ0) is 22.9. The Morgan fingerprint density at radius 2 is 1.78 bits per heavy atom. The lowest BCUT2D eigenvalue weighted by atomic mass is 9.96. The molecule has 10 heteroatoms. The fraction of sp³-hybridized carbons (Fsp3) is 0.0909. The van der Waals surface area contributed by atoms with E-state index in [0.717, 1.165) is 12.1 Å². The van der Waals surface area contributed by atoms with Gasteiger partial charge in [-0.3, -0.25) is 4.72 Å². The van der Waals surface area contributed by atoms with Crippen LogP contribution in [0.1, 0.15) is 5.56 Å². The summed E-state index contributed by atoms with van der Waals surface area (Å²) in [5.41, 5.74) is -0.475. The van der Waals surface area contributed by atoms with E-state index < -0.39 is 21.8 Å². The predicted molar refractivity (Wildman–Crippen MR) is 114 cm³/mol. The van der Waals surface area contributed by atoms with Crippen LogP contribution in [0.3, 0.4) is 0 Å². The van der Waals surface area contributed by atoms with Crippen molar-refractivity contribution in [2.45, 2.75) is 11.1 Å². The Morgan fingerprint density at radius 3 is 2.47 bits per heavy atom. The van der Waals surface area contributed by atoms with Crippen molar-refractivity contribution in [3.05, 3.63) is 78.8 Å². The van der Waals surface area contributed by atoms with E-state index in [9.17, 15) is 21.6 Å². The molecule has 4 rings (SSSR count). The van der Waals surface area contributed by atoms with Gasteiger partial charge in [0.15, 0.2) is 0 Å². The Kier molecular flexibility index (Phi) is 5.47. The number of halogens is 3. The molecule has 1 N–H and O–H groups in total. The maximum Gasteiger partial charge on any atom is 0.416 e. The quantitative estimate of drug-likeness (QED) is 0.448. The molecule has 0 bridgehead atoms. The van der Waals surface area contributed by atoms with Crippen molar-refractivity contribution in [3.63, 3.8) is 0 Å². The van der Waals surface area contributed by atoms with E-state index >= 15 is 0 Å². The molecule has 0 saturated heterocycles. The Labute approximate surface area is 181 Å². The Morgan fingerprint density at radius 1 is 1.00 bits per heavy atom. The number of hydrogen-bond acceptors (Lipinski definition) is 5. The fourth-order valence-corrected chi connectivity index (χ4v) is 4.61. The number of nitrogens with zero attached hydrogens (tertiary/aromatic N) is 2. The summed E-state index contributed by atoms with van der Waals surface area (Å²) < 4.78 is 73.8. The molecule has 0 spiro atoms. The largest absolute Gasteiger partial charge is 0.496 e. The van der Waals surface area contributed by atoms with Gasteiger partial charge in [0.25, 0.3) is 10.0 Å². The molecule has 0 amide bonds. The lowest BCUT2D eigenvalue weighted by Crippen LogP contribution is -2.15. The minimum Gasteiger partial charge on any atom is -0.496 e. The van der Waals surface area contributed by atoms with E-state index in [4.69, 9.17) is 4.74 Å². The average molecular weight is 459 g/mol. The molecule has 0 aliphatic carbocycles. The molecule has 164 valence electrons. The molecule has 0 aliphatic rings. The molecule has 4 aromatic rings. The van der Waals surface area contributed by atoms with Gasteiger partial charge in [0.1, 0.15) is 17.9 Å². The summed E-state index contributed by atoms with van der Waals surface area (Å²) in [4.78, 5) is 7.49. The topological polar surface area (TPSA) is 81.2 Å². The standard InChI is InChI=1S/C22H16F3N3O3S/c1-31-18-12-15(22(23,24)25)7-8-17(18)21-16-5-3-2-4-14(16)6-9-19(21)32(29,30)28-20-10-11-26-13-27-20/h2-13H,1H3,(H,26,27,28). The van der Waals surface area contributed by atoms with Gasteiger partial charge in [0.2, 0.25) is 0 Å². The zero-order valence-electron chi connectivity index (χ0n) is 16.6. The number of aromatic nitrogens is 2. The molecule has 1 aromatic heterocycles. The molecule has 0 unspecified atom stereocenters. The molecule has 0 atom stereocenters. The molecule has 1 heterocycles. The van der Waals surface area contributed by atoms with E-state index in [-0.39, 0.29) is 27.6 Å². The minimum atomic E-state index is -4.58. The minimum absolute atomic E-state index is 0.0542. The molecule has 32 heavy (non-hydrogen) atoms. The molecular formula is C22H16F3N3O3S. The van der Waals surface area contributed by atoms with Gasteiger partial charge in [0.05, 0.1) is 17.6 Å². The van der Waals surface area contributed by atoms with Crippen molar-refractivity contribution < 1.29 is 26.3 Å². The zero-order valence-corrected chi connectivity index (χ0v) is 17.4. The first-order chi connectivity index (χ1) is 15.2. The predicted octanol–water partition coefficient (Wildman–Crippen LogP) is 5.13. The first kappa shape index (κ1) is 21.6. The highest BCUT2D eigenvalue weighted by Crippen LogP contribution is 2.42. The molecule has 3 aromatic carbocycles. The Balaban J connectivity index is 1.99. The molecule has 0 radical (unpaired) electrons. The second-order valence-electron chi connectivity index (χ2n) is 6.77. The SMILES string of the molecule is COc1cc(C(F)(F)F)ccc1-c1c(S(=O)(=O)Nc2ccncn2)ccc2ccccc12. The van der Waals surface area contributed by atoms with Gasteiger partial charge in [-0.25, -0.2) is 18.4 Å². The molecule has 0 saturated carbocycles. The van der Waals surface area contributed by atoms with Crippen LogP contribution >= 0.6 is 0 Å². The summed E-state index contributed by atoms with van der Waals surface area (Å²) in [5.74, 6) is -0.0480. The van der Waals surface area contributed by atoms with Gasteiger partial charge in [0, 0.05) is 17.3 Å². The van der Waals surface area contributed by atoms with Gasteiger partial charge in [-0.2, -0.15) is 13.2 Å². The van der Waals surface area contributed by atoms with E-state index in [0.29, 0.717) is 10.8 Å². The van der Waals surface area contributed by atoms with E-state index in [1.807, 2.05) is 0 Å². The summed E-state index contributed by atoms with van der Waals surface area (Å²) in [7, 11) is -2.93. The van der Waals surface area contributed by atoms with E-state index in [1.54, 1.807) is 30.3 Å². The van der Waals surface area contributed by atoms with Crippen LogP contribution in [-0.4, -0.2) is 25.5 Å². The third-order valence-electron chi connectivity index (χ3n) is 4.80. The first-order valence-corrected chi connectivity index (χ1v) is 10.8. The Hall–Kier alpha value is -3.66. The number of rotatable bonds is 5. The van der Waals surface area contributed by atoms with Crippen molar-refractivity contribution in [3.8, 4) is 16.9 Å². The van der Waals surface area contributed by atoms with Crippen LogP contribution in [0.4, 0.5) is 19.0 Å². The van der Waals surface area contributed by atoms with Crippen LogP contribution in [-0.2, 0) is 16.2 Å². The van der Waals surface area contributed by atoms with Crippen molar-refractivity contribution >= 4 is 26.6 Å². The number of sulfonamides is 1. The van der Waals surface area contributed by atoms with Crippen LogP contribution in [0.5, 0.6) is 5.75 Å². The number of alkyl halides is 3. The fourth-order valence-electron chi connectivity index (χ4n) is 3.37. The highest BCUT2D eigenvalue weighted by molar-refractivity contribution is 7.92. The number of benzene rings is 3. The second-order valence-corrected chi connectivity index (χ2v) is 8.42. The number of nitrogens with one attached hydrogen (secondary N) is 1. The van der Waals surface area contributed by atoms with Crippen molar-refractivity contribution in [1.82, 2.24) is 9.97 Å². The summed E-state index contributed by atoms with van der Waals surface area (Å²) in [6, 6.07) is 14.4. The lowest BCUT2D eigenvalue weighted by molar-refractivity contribution is -0.137. The van der Waals surface area contributed by atoms with Crippen LogP contribution in [0.15, 0.2) is 78.1 Å². The number of anilines is 1. The van der Waals surface area contributed by atoms with E-state index in [1.165, 1.54) is 37.8 Å². The monoisotopic (exact) mass is 459 g/mol. The van der Waals surface area contributed by atoms with Gasteiger partial charge in [-0.1, -0.05) is 30.3 Å². The van der Waals surface area contributed by atoms with Crippen molar-refractivity contribution in [2.75, 3.05) is 11.8 Å². The summed E-state index contributed by atoms with van der Waals surface area (Å²) >= 11 is 0. The van der Waals surface area contributed by atoms with Crippen molar-refractivity contribution in [2.24, 2.45) is 0 Å². The Bertz CT molecular complexity index is 1390.